The molecule has 0 aliphatic rings. The van der Waals surface area contributed by atoms with Crippen LogP contribution in [0.15, 0.2) is 48.8 Å². The molecule has 0 aliphatic carbocycles. The van der Waals surface area contributed by atoms with Crippen LogP contribution in [-0.2, 0) is 6.54 Å². The summed E-state index contributed by atoms with van der Waals surface area (Å²) in [6, 6.07) is 11.1. The maximum absolute atomic E-state index is 12.2. The van der Waals surface area contributed by atoms with E-state index >= 15 is 0 Å². The number of carbonyl (C=O) groups is 1. The van der Waals surface area contributed by atoms with E-state index in [0.717, 1.165) is 22.7 Å². The number of hydrogen-bond acceptors (Lipinski definition) is 3. The Bertz CT molecular complexity index is 822. The van der Waals surface area contributed by atoms with Gasteiger partial charge in [0.2, 0.25) is 0 Å². The molecule has 1 N–H and O–H groups in total. The van der Waals surface area contributed by atoms with Crippen molar-refractivity contribution in [2.45, 2.75) is 20.4 Å². The summed E-state index contributed by atoms with van der Waals surface area (Å²) >= 11 is 0. The Morgan fingerprint density at radius 1 is 1.26 bits per heavy atom. The number of aromatic nitrogens is 2. The fourth-order valence-corrected chi connectivity index (χ4v) is 2.43. The number of nitrogens with zero attached hydrogens (tertiary/aromatic N) is 2. The van der Waals surface area contributed by atoms with Crippen LogP contribution < -0.4 is 10.1 Å². The summed E-state index contributed by atoms with van der Waals surface area (Å²) in [5.41, 5.74) is 3.46. The molecule has 2 heterocycles. The van der Waals surface area contributed by atoms with E-state index in [1.54, 1.807) is 24.3 Å². The van der Waals surface area contributed by atoms with E-state index in [1.807, 2.05) is 42.8 Å². The summed E-state index contributed by atoms with van der Waals surface area (Å²) in [5, 5.41) is 2.89. The monoisotopic (exact) mass is 309 g/mol. The minimum absolute atomic E-state index is 0.123. The zero-order valence-electron chi connectivity index (χ0n) is 13.2. The van der Waals surface area contributed by atoms with Crippen molar-refractivity contribution in [1.82, 2.24) is 14.7 Å². The van der Waals surface area contributed by atoms with Gasteiger partial charge in [-0.1, -0.05) is 6.07 Å². The highest BCUT2D eigenvalue weighted by Gasteiger charge is 2.08. The Morgan fingerprint density at radius 2 is 2.04 bits per heavy atom. The molecule has 0 fully saturated rings. The first-order valence-corrected chi connectivity index (χ1v) is 7.61. The van der Waals surface area contributed by atoms with Crippen LogP contribution in [0.3, 0.4) is 0 Å². The lowest BCUT2D eigenvalue weighted by Crippen LogP contribution is -2.22. The molecule has 118 valence electrons. The number of hydrogen-bond donors (Lipinski definition) is 1. The van der Waals surface area contributed by atoms with E-state index in [0.29, 0.717) is 18.7 Å². The molecule has 1 amide bonds. The van der Waals surface area contributed by atoms with E-state index in [1.165, 1.54) is 0 Å². The topological polar surface area (TPSA) is 55.6 Å². The Hall–Kier alpha value is -2.82. The van der Waals surface area contributed by atoms with E-state index in [-0.39, 0.29) is 5.91 Å². The van der Waals surface area contributed by atoms with Crippen molar-refractivity contribution in [3.63, 3.8) is 0 Å². The number of nitrogens with one attached hydrogen (secondary N) is 1. The van der Waals surface area contributed by atoms with Gasteiger partial charge in [-0.2, -0.15) is 0 Å². The summed E-state index contributed by atoms with van der Waals surface area (Å²) in [5.74, 6) is 0.640. The Labute approximate surface area is 134 Å². The molecular weight excluding hydrogens is 290 g/mol. The lowest BCUT2D eigenvalue weighted by molar-refractivity contribution is 0.0950. The number of benzene rings is 1. The standard InChI is InChI=1S/C18H19N3O2/c1-3-23-16-8-6-14(7-9-16)18(22)19-11-15-12-21-10-4-5-13(2)17(21)20-15/h4-10,12H,3,11H2,1-2H3,(H,19,22). The highest BCUT2D eigenvalue weighted by atomic mass is 16.5. The number of imidazole rings is 1. The van der Waals surface area contributed by atoms with Crippen LogP contribution in [0, 0.1) is 6.92 Å². The first-order valence-electron chi connectivity index (χ1n) is 7.61. The number of ether oxygens (including phenoxy) is 1. The van der Waals surface area contributed by atoms with Crippen LogP contribution >= 0.6 is 0 Å². The van der Waals surface area contributed by atoms with Gasteiger partial charge in [0, 0.05) is 18.0 Å². The molecule has 0 atom stereocenters. The molecule has 23 heavy (non-hydrogen) atoms. The summed E-state index contributed by atoms with van der Waals surface area (Å²) in [6.45, 7) is 4.95. The molecule has 0 bridgehead atoms. The highest BCUT2D eigenvalue weighted by molar-refractivity contribution is 5.94. The van der Waals surface area contributed by atoms with Gasteiger partial charge in [0.1, 0.15) is 11.4 Å². The largest absolute Gasteiger partial charge is 0.494 e. The predicted octanol–water partition coefficient (Wildman–Crippen LogP) is 2.97. The van der Waals surface area contributed by atoms with Crippen LogP contribution in [0.25, 0.3) is 5.65 Å². The van der Waals surface area contributed by atoms with Crippen molar-refractivity contribution in [2.75, 3.05) is 6.61 Å². The molecule has 0 unspecified atom stereocenters. The van der Waals surface area contributed by atoms with Crippen LogP contribution in [0.1, 0.15) is 28.5 Å². The molecule has 3 aromatic rings. The van der Waals surface area contributed by atoms with Gasteiger partial charge in [-0.05, 0) is 49.7 Å². The maximum Gasteiger partial charge on any atom is 0.251 e. The van der Waals surface area contributed by atoms with Crippen LogP contribution in [-0.4, -0.2) is 21.9 Å². The van der Waals surface area contributed by atoms with E-state index in [4.69, 9.17) is 4.74 Å². The number of aryl methyl sites for hydroxylation is 1. The summed E-state index contributed by atoms with van der Waals surface area (Å²) < 4.78 is 7.34. The third-order valence-corrected chi connectivity index (χ3v) is 3.59. The molecule has 1 aromatic carbocycles. The van der Waals surface area contributed by atoms with Crippen LogP contribution in [0.5, 0.6) is 5.75 Å². The third-order valence-electron chi connectivity index (χ3n) is 3.59. The van der Waals surface area contributed by atoms with Gasteiger partial charge >= 0.3 is 0 Å². The zero-order chi connectivity index (χ0) is 16.2. The first-order chi connectivity index (χ1) is 11.2. The van der Waals surface area contributed by atoms with Crippen molar-refractivity contribution in [2.24, 2.45) is 0 Å². The van der Waals surface area contributed by atoms with Crippen LogP contribution in [0.2, 0.25) is 0 Å². The lowest BCUT2D eigenvalue weighted by atomic mass is 10.2. The van der Waals surface area contributed by atoms with Crippen molar-refractivity contribution in [1.29, 1.82) is 0 Å². The van der Waals surface area contributed by atoms with Gasteiger partial charge in [-0.25, -0.2) is 4.98 Å². The Kier molecular flexibility index (Phi) is 4.28. The minimum Gasteiger partial charge on any atom is -0.494 e. The van der Waals surface area contributed by atoms with E-state index < -0.39 is 0 Å². The first kappa shape index (κ1) is 15.1. The highest BCUT2D eigenvalue weighted by Crippen LogP contribution is 2.13. The molecule has 5 heteroatoms. The number of carbonyl (C=O) groups excluding carboxylic acids is 1. The molecule has 2 aromatic heterocycles. The van der Waals surface area contributed by atoms with Crippen molar-refractivity contribution >= 4 is 11.6 Å². The summed E-state index contributed by atoms with van der Waals surface area (Å²) in [6.07, 6.45) is 3.88. The lowest BCUT2D eigenvalue weighted by Gasteiger charge is -2.05. The average molecular weight is 309 g/mol. The van der Waals surface area contributed by atoms with Gasteiger partial charge < -0.3 is 14.5 Å². The molecule has 0 aliphatic heterocycles. The second kappa shape index (κ2) is 6.52. The molecule has 0 radical (unpaired) electrons. The van der Waals surface area contributed by atoms with Gasteiger partial charge in [-0.15, -0.1) is 0 Å². The third kappa shape index (κ3) is 3.34. The predicted molar refractivity (Wildman–Crippen MR) is 88.7 cm³/mol. The molecule has 0 spiro atoms. The molecule has 5 nitrogen and oxygen atoms in total. The second-order valence-electron chi connectivity index (χ2n) is 5.29. The molecule has 0 saturated carbocycles. The number of rotatable bonds is 5. The molecular formula is C18H19N3O2. The van der Waals surface area contributed by atoms with E-state index in [9.17, 15) is 4.79 Å². The SMILES string of the molecule is CCOc1ccc(C(=O)NCc2cn3cccc(C)c3n2)cc1. The second-order valence-corrected chi connectivity index (χ2v) is 5.29. The fraction of sp³-hybridized carbons (Fsp3) is 0.222. The average Bonchev–Trinajstić information content (AvgIpc) is 2.98. The molecule has 0 saturated heterocycles. The number of fused-ring (bicyclic) bond motifs is 1. The quantitative estimate of drug-likeness (QED) is 0.788. The van der Waals surface area contributed by atoms with Gasteiger partial charge in [0.25, 0.3) is 5.91 Å². The van der Waals surface area contributed by atoms with Gasteiger partial charge in [0.15, 0.2) is 0 Å². The van der Waals surface area contributed by atoms with Gasteiger partial charge in [0.05, 0.1) is 18.8 Å². The minimum atomic E-state index is -0.123. The fourth-order valence-electron chi connectivity index (χ4n) is 2.43. The molecule has 3 rings (SSSR count). The van der Waals surface area contributed by atoms with Crippen molar-refractivity contribution in [3.05, 3.63) is 65.6 Å². The maximum atomic E-state index is 12.2. The smallest absolute Gasteiger partial charge is 0.251 e. The van der Waals surface area contributed by atoms with Crippen LogP contribution in [0.4, 0.5) is 0 Å². The van der Waals surface area contributed by atoms with Crippen molar-refractivity contribution < 1.29 is 9.53 Å². The van der Waals surface area contributed by atoms with Crippen molar-refractivity contribution in [3.8, 4) is 5.75 Å². The Balaban J connectivity index is 1.66. The Morgan fingerprint density at radius 3 is 2.74 bits per heavy atom. The van der Waals surface area contributed by atoms with Gasteiger partial charge in [-0.3, -0.25) is 4.79 Å². The number of pyridine rings is 1. The summed E-state index contributed by atoms with van der Waals surface area (Å²) in [4.78, 5) is 16.7. The number of amides is 1. The normalized spacial score (nSPS) is 10.7. The van der Waals surface area contributed by atoms with E-state index in [2.05, 4.69) is 10.3 Å². The summed E-state index contributed by atoms with van der Waals surface area (Å²) in [7, 11) is 0. The zero-order valence-corrected chi connectivity index (χ0v) is 13.2.